The zero-order valence-corrected chi connectivity index (χ0v) is 8.90. The number of aliphatic hydroxyl groups is 1. The number of nitrogens with zero attached hydrogens (tertiary/aromatic N) is 1. The Bertz CT molecular complexity index is 196. The summed E-state index contributed by atoms with van der Waals surface area (Å²) < 4.78 is 4.66. The number of carbonyl (C=O) groups is 1. The van der Waals surface area contributed by atoms with Crippen LogP contribution < -0.4 is 0 Å². The second kappa shape index (κ2) is 5.32. The third-order valence-corrected chi connectivity index (χ3v) is 2.82. The quantitative estimate of drug-likeness (QED) is 0.662. The van der Waals surface area contributed by atoms with Crippen LogP contribution in [0.2, 0.25) is 0 Å². The first-order valence-electron chi connectivity index (χ1n) is 5.11. The molecular weight excluding hydrogens is 182 g/mol. The molecular formula is C10H19NO3. The SMILES string of the molecule is COC(=O)C(C)CN1CCCC1CO. The van der Waals surface area contributed by atoms with Gasteiger partial charge in [0.05, 0.1) is 19.6 Å². The number of hydrogen-bond donors (Lipinski definition) is 1. The van der Waals surface area contributed by atoms with Gasteiger partial charge in [-0.15, -0.1) is 0 Å². The highest BCUT2D eigenvalue weighted by molar-refractivity contribution is 5.72. The molecule has 0 saturated carbocycles. The van der Waals surface area contributed by atoms with Crippen LogP contribution in [0.15, 0.2) is 0 Å². The number of methoxy groups -OCH3 is 1. The van der Waals surface area contributed by atoms with Gasteiger partial charge in [-0.25, -0.2) is 0 Å². The van der Waals surface area contributed by atoms with Crippen LogP contribution in [0.1, 0.15) is 19.8 Å². The topological polar surface area (TPSA) is 49.8 Å². The van der Waals surface area contributed by atoms with Crippen molar-refractivity contribution in [2.75, 3.05) is 26.8 Å². The lowest BCUT2D eigenvalue weighted by molar-refractivity contribution is -0.145. The molecule has 0 aromatic rings. The molecule has 1 aliphatic rings. The molecule has 0 amide bonds. The van der Waals surface area contributed by atoms with E-state index in [9.17, 15) is 4.79 Å². The second-order valence-electron chi connectivity index (χ2n) is 3.90. The van der Waals surface area contributed by atoms with Crippen molar-refractivity contribution in [1.82, 2.24) is 4.90 Å². The fourth-order valence-electron chi connectivity index (χ4n) is 1.97. The van der Waals surface area contributed by atoms with Crippen LogP contribution in [0.3, 0.4) is 0 Å². The molecule has 4 nitrogen and oxygen atoms in total. The minimum absolute atomic E-state index is 0.104. The number of aliphatic hydroxyl groups excluding tert-OH is 1. The van der Waals surface area contributed by atoms with Crippen LogP contribution in [-0.2, 0) is 9.53 Å². The number of hydrogen-bond acceptors (Lipinski definition) is 4. The van der Waals surface area contributed by atoms with Gasteiger partial charge >= 0.3 is 5.97 Å². The number of carbonyl (C=O) groups excluding carboxylic acids is 1. The van der Waals surface area contributed by atoms with Crippen molar-refractivity contribution in [1.29, 1.82) is 0 Å². The van der Waals surface area contributed by atoms with Crippen LogP contribution >= 0.6 is 0 Å². The Morgan fingerprint density at radius 1 is 1.71 bits per heavy atom. The predicted molar refractivity (Wildman–Crippen MR) is 52.9 cm³/mol. The first-order valence-corrected chi connectivity index (χ1v) is 5.11. The summed E-state index contributed by atoms with van der Waals surface area (Å²) in [6.07, 6.45) is 2.14. The van der Waals surface area contributed by atoms with E-state index in [0.29, 0.717) is 6.54 Å². The third kappa shape index (κ3) is 2.69. The number of esters is 1. The second-order valence-corrected chi connectivity index (χ2v) is 3.90. The minimum atomic E-state index is -0.173. The highest BCUT2D eigenvalue weighted by Crippen LogP contribution is 2.18. The van der Waals surface area contributed by atoms with E-state index in [1.165, 1.54) is 7.11 Å². The normalized spacial score (nSPS) is 24.9. The average molecular weight is 201 g/mol. The first-order chi connectivity index (χ1) is 6.69. The summed E-state index contributed by atoms with van der Waals surface area (Å²) in [6, 6.07) is 0.238. The number of ether oxygens (including phenoxy) is 1. The first kappa shape index (κ1) is 11.5. The van der Waals surface area contributed by atoms with Crippen LogP contribution in [0, 0.1) is 5.92 Å². The molecule has 1 saturated heterocycles. The van der Waals surface area contributed by atoms with Crippen molar-refractivity contribution >= 4 is 5.97 Å². The van der Waals surface area contributed by atoms with Crippen molar-refractivity contribution in [3.63, 3.8) is 0 Å². The Kier molecular flexibility index (Phi) is 4.35. The predicted octanol–water partition coefficient (Wildman–Crippen LogP) is 0.252. The molecule has 1 rings (SSSR count). The van der Waals surface area contributed by atoms with E-state index >= 15 is 0 Å². The van der Waals surface area contributed by atoms with Gasteiger partial charge in [-0.05, 0) is 19.4 Å². The van der Waals surface area contributed by atoms with Gasteiger partial charge in [0.25, 0.3) is 0 Å². The van der Waals surface area contributed by atoms with Gasteiger partial charge in [0.1, 0.15) is 0 Å². The molecule has 1 fully saturated rings. The molecule has 2 atom stereocenters. The maximum atomic E-state index is 11.2. The van der Waals surface area contributed by atoms with E-state index in [4.69, 9.17) is 5.11 Å². The Morgan fingerprint density at radius 3 is 3.00 bits per heavy atom. The van der Waals surface area contributed by atoms with Gasteiger partial charge in [-0.1, -0.05) is 6.92 Å². The van der Waals surface area contributed by atoms with Crippen LogP contribution in [0.4, 0.5) is 0 Å². The van der Waals surface area contributed by atoms with Gasteiger partial charge in [-0.3, -0.25) is 9.69 Å². The third-order valence-electron chi connectivity index (χ3n) is 2.82. The van der Waals surface area contributed by atoms with Gasteiger partial charge in [0, 0.05) is 12.6 Å². The molecule has 0 aromatic carbocycles. The van der Waals surface area contributed by atoms with E-state index in [1.54, 1.807) is 0 Å². The van der Waals surface area contributed by atoms with Crippen molar-refractivity contribution in [2.45, 2.75) is 25.8 Å². The molecule has 0 aromatic heterocycles. The monoisotopic (exact) mass is 201 g/mol. The van der Waals surface area contributed by atoms with E-state index in [0.717, 1.165) is 19.4 Å². The summed E-state index contributed by atoms with van der Waals surface area (Å²) >= 11 is 0. The van der Waals surface area contributed by atoms with Crippen molar-refractivity contribution in [3.8, 4) is 0 Å². The molecule has 2 unspecified atom stereocenters. The lowest BCUT2D eigenvalue weighted by atomic mass is 10.1. The molecule has 0 spiro atoms. The fraction of sp³-hybridized carbons (Fsp3) is 0.900. The van der Waals surface area contributed by atoms with Crippen molar-refractivity contribution < 1.29 is 14.6 Å². The summed E-state index contributed by atoms with van der Waals surface area (Å²) in [5.74, 6) is -0.277. The zero-order chi connectivity index (χ0) is 10.6. The summed E-state index contributed by atoms with van der Waals surface area (Å²) in [5.41, 5.74) is 0. The minimum Gasteiger partial charge on any atom is -0.469 e. The largest absolute Gasteiger partial charge is 0.469 e. The lowest BCUT2D eigenvalue weighted by Gasteiger charge is -2.24. The molecule has 14 heavy (non-hydrogen) atoms. The maximum Gasteiger partial charge on any atom is 0.309 e. The molecule has 4 heteroatoms. The van der Waals surface area contributed by atoms with E-state index in [-0.39, 0.29) is 24.5 Å². The summed E-state index contributed by atoms with van der Waals surface area (Å²) in [4.78, 5) is 13.4. The fourth-order valence-corrected chi connectivity index (χ4v) is 1.97. The number of likely N-dealkylation sites (tertiary alicyclic amines) is 1. The molecule has 0 radical (unpaired) electrons. The summed E-state index contributed by atoms with van der Waals surface area (Å²) in [7, 11) is 1.41. The maximum absolute atomic E-state index is 11.2. The molecule has 1 heterocycles. The molecule has 1 N–H and O–H groups in total. The Hall–Kier alpha value is -0.610. The standard InChI is InChI=1S/C10H19NO3/c1-8(10(13)14-2)6-11-5-3-4-9(11)7-12/h8-9,12H,3-7H2,1-2H3. The van der Waals surface area contributed by atoms with Crippen LogP contribution in [0.25, 0.3) is 0 Å². The van der Waals surface area contributed by atoms with Gasteiger partial charge in [-0.2, -0.15) is 0 Å². The van der Waals surface area contributed by atoms with E-state index < -0.39 is 0 Å². The Balaban J connectivity index is 2.39. The van der Waals surface area contributed by atoms with Gasteiger partial charge in [0.15, 0.2) is 0 Å². The molecule has 0 bridgehead atoms. The van der Waals surface area contributed by atoms with E-state index in [2.05, 4.69) is 9.64 Å². The van der Waals surface area contributed by atoms with Gasteiger partial charge < -0.3 is 9.84 Å². The highest BCUT2D eigenvalue weighted by Gasteiger charge is 2.27. The summed E-state index contributed by atoms with van der Waals surface area (Å²) in [6.45, 7) is 3.72. The molecule has 82 valence electrons. The number of rotatable bonds is 4. The van der Waals surface area contributed by atoms with Crippen LogP contribution in [-0.4, -0.2) is 48.8 Å². The smallest absolute Gasteiger partial charge is 0.309 e. The lowest BCUT2D eigenvalue weighted by Crippen LogP contribution is -2.37. The Morgan fingerprint density at radius 2 is 2.43 bits per heavy atom. The zero-order valence-electron chi connectivity index (χ0n) is 8.90. The molecule has 0 aliphatic carbocycles. The van der Waals surface area contributed by atoms with Crippen molar-refractivity contribution in [3.05, 3.63) is 0 Å². The van der Waals surface area contributed by atoms with Crippen molar-refractivity contribution in [2.24, 2.45) is 5.92 Å². The Labute approximate surface area is 84.8 Å². The average Bonchev–Trinajstić information content (AvgIpc) is 2.63. The molecule has 1 aliphatic heterocycles. The van der Waals surface area contributed by atoms with Crippen LogP contribution in [0.5, 0.6) is 0 Å². The summed E-state index contributed by atoms with van der Waals surface area (Å²) in [5, 5.41) is 9.09. The highest BCUT2D eigenvalue weighted by atomic mass is 16.5. The van der Waals surface area contributed by atoms with E-state index in [1.807, 2.05) is 6.92 Å². The van der Waals surface area contributed by atoms with Gasteiger partial charge in [0.2, 0.25) is 0 Å².